The lowest BCUT2D eigenvalue weighted by Crippen LogP contribution is -2.49. The number of anilines is 1. The largest absolute Gasteiger partial charge is 0.378 e. The summed E-state index contributed by atoms with van der Waals surface area (Å²) in [6.07, 6.45) is 0.465. The van der Waals surface area contributed by atoms with Gasteiger partial charge in [-0.15, -0.1) is 0 Å². The molecule has 0 spiro atoms. The van der Waals surface area contributed by atoms with Gasteiger partial charge in [-0.3, -0.25) is 14.9 Å². The molecule has 0 aromatic heterocycles. The van der Waals surface area contributed by atoms with Gasteiger partial charge in [0.05, 0.1) is 4.92 Å². The van der Waals surface area contributed by atoms with Crippen LogP contribution < -0.4 is 21.7 Å². The van der Waals surface area contributed by atoms with Gasteiger partial charge in [0.1, 0.15) is 11.7 Å². The molecule has 0 heterocycles. The summed E-state index contributed by atoms with van der Waals surface area (Å²) in [5.41, 5.74) is 5.43. The molecule has 1 atom stereocenters. The normalized spacial score (nSPS) is 11.6. The first-order valence-corrected chi connectivity index (χ1v) is 7.62. The molecule has 5 N–H and O–H groups in total. The highest BCUT2D eigenvalue weighted by molar-refractivity contribution is 5.86. The Morgan fingerprint density at radius 2 is 1.92 bits per heavy atom. The summed E-state index contributed by atoms with van der Waals surface area (Å²) in [7, 11) is 0. The molecule has 1 rings (SSSR count). The number of hydrogen-bond acceptors (Lipinski definition) is 5. The van der Waals surface area contributed by atoms with Crippen molar-refractivity contribution in [2.45, 2.75) is 26.3 Å². The van der Waals surface area contributed by atoms with Gasteiger partial charge < -0.3 is 21.7 Å². The molecule has 0 unspecified atom stereocenters. The van der Waals surface area contributed by atoms with E-state index in [2.05, 4.69) is 16.0 Å². The van der Waals surface area contributed by atoms with Crippen LogP contribution in [0.1, 0.15) is 20.3 Å². The number of amides is 3. The van der Waals surface area contributed by atoms with Crippen LogP contribution in [0, 0.1) is 16.0 Å². The summed E-state index contributed by atoms with van der Waals surface area (Å²) in [4.78, 5) is 33.5. The Labute approximate surface area is 140 Å². The van der Waals surface area contributed by atoms with E-state index >= 15 is 0 Å². The number of benzene rings is 1. The molecule has 0 fully saturated rings. The lowest BCUT2D eigenvalue weighted by Gasteiger charge is -2.19. The van der Waals surface area contributed by atoms with E-state index in [1.165, 1.54) is 6.07 Å². The zero-order chi connectivity index (χ0) is 18.1. The molecular formula is C15H23N5O4. The first-order chi connectivity index (χ1) is 11.3. The second kappa shape index (κ2) is 9.33. The Kier molecular flexibility index (Phi) is 7.47. The van der Waals surface area contributed by atoms with Gasteiger partial charge in [-0.05, 0) is 18.4 Å². The number of rotatable bonds is 9. The molecule has 1 aromatic carbocycles. The third kappa shape index (κ3) is 6.51. The van der Waals surface area contributed by atoms with Crippen molar-refractivity contribution in [3.05, 3.63) is 34.4 Å². The number of nitrogens with one attached hydrogen (secondary N) is 3. The van der Waals surface area contributed by atoms with E-state index in [0.29, 0.717) is 18.7 Å². The molecule has 9 heteroatoms. The minimum absolute atomic E-state index is 0.0306. The summed E-state index contributed by atoms with van der Waals surface area (Å²) >= 11 is 0. The summed E-state index contributed by atoms with van der Waals surface area (Å²) in [5, 5.41) is 18.9. The van der Waals surface area contributed by atoms with Gasteiger partial charge >= 0.3 is 6.03 Å². The van der Waals surface area contributed by atoms with Gasteiger partial charge in [0, 0.05) is 19.2 Å². The van der Waals surface area contributed by atoms with Gasteiger partial charge in [0.15, 0.2) is 0 Å². The fourth-order valence-corrected chi connectivity index (χ4v) is 2.16. The summed E-state index contributed by atoms with van der Waals surface area (Å²) in [6, 6.07) is 4.80. The van der Waals surface area contributed by atoms with Crippen LogP contribution in [0.25, 0.3) is 0 Å². The Hall–Kier alpha value is -2.84. The van der Waals surface area contributed by atoms with E-state index < -0.39 is 17.0 Å². The van der Waals surface area contributed by atoms with E-state index in [1.54, 1.807) is 18.2 Å². The lowest BCUT2D eigenvalue weighted by atomic mass is 10.0. The van der Waals surface area contributed by atoms with Crippen molar-refractivity contribution in [1.82, 2.24) is 10.6 Å². The molecule has 24 heavy (non-hydrogen) atoms. The van der Waals surface area contributed by atoms with Gasteiger partial charge in [0.2, 0.25) is 5.91 Å². The van der Waals surface area contributed by atoms with E-state index in [-0.39, 0.29) is 24.1 Å². The maximum atomic E-state index is 12.1. The Morgan fingerprint density at radius 3 is 2.50 bits per heavy atom. The minimum atomic E-state index is -0.756. The zero-order valence-electron chi connectivity index (χ0n) is 13.7. The number of nitrogens with zero attached hydrogens (tertiary/aromatic N) is 1. The average Bonchev–Trinajstić information content (AvgIpc) is 2.50. The molecule has 3 amide bonds. The third-order valence-corrected chi connectivity index (χ3v) is 3.18. The highest BCUT2D eigenvalue weighted by atomic mass is 16.6. The highest BCUT2D eigenvalue weighted by Gasteiger charge is 2.20. The van der Waals surface area contributed by atoms with Gasteiger partial charge in [-0.2, -0.15) is 0 Å². The van der Waals surface area contributed by atoms with Crippen LogP contribution in [-0.4, -0.2) is 36.0 Å². The van der Waals surface area contributed by atoms with Crippen LogP contribution in [0.15, 0.2) is 24.3 Å². The van der Waals surface area contributed by atoms with Crippen LogP contribution in [0.4, 0.5) is 16.2 Å². The first-order valence-electron chi connectivity index (χ1n) is 7.62. The molecule has 1 aromatic rings. The Balaban J connectivity index is 2.49. The van der Waals surface area contributed by atoms with Crippen molar-refractivity contribution in [2.24, 2.45) is 11.7 Å². The maximum Gasteiger partial charge on any atom is 0.312 e. The van der Waals surface area contributed by atoms with Crippen molar-refractivity contribution >= 4 is 23.3 Å². The van der Waals surface area contributed by atoms with Gasteiger partial charge in [-0.25, -0.2) is 4.79 Å². The second-order valence-corrected chi connectivity index (χ2v) is 5.68. The monoisotopic (exact) mass is 337 g/mol. The smallest absolute Gasteiger partial charge is 0.312 e. The van der Waals surface area contributed by atoms with Crippen molar-refractivity contribution < 1.29 is 14.5 Å². The standard InChI is InChI=1S/C15H23N5O4/c1-10(2)9-12(19-15(16)22)14(21)18-8-7-17-11-5-3-4-6-13(11)20(23)24/h3-6,10,12,17H,7-9H2,1-2H3,(H,18,21)(H3,16,19,22)/t12-/m1/s1. The Bertz CT molecular complexity index is 591. The molecule has 0 bridgehead atoms. The zero-order valence-corrected chi connectivity index (χ0v) is 13.7. The number of hydrogen-bond donors (Lipinski definition) is 4. The number of nitro groups is 1. The average molecular weight is 337 g/mol. The lowest BCUT2D eigenvalue weighted by molar-refractivity contribution is -0.384. The predicted octanol–water partition coefficient (Wildman–Crippen LogP) is 1.21. The Morgan fingerprint density at radius 1 is 1.25 bits per heavy atom. The minimum Gasteiger partial charge on any atom is -0.378 e. The van der Waals surface area contributed by atoms with Crippen LogP contribution in [-0.2, 0) is 4.79 Å². The van der Waals surface area contributed by atoms with E-state index in [9.17, 15) is 19.7 Å². The summed E-state index contributed by atoms with van der Waals surface area (Å²) in [6.45, 7) is 4.42. The molecule has 9 nitrogen and oxygen atoms in total. The molecule has 0 aliphatic rings. The quantitative estimate of drug-likeness (QED) is 0.304. The molecule has 132 valence electrons. The molecular weight excluding hydrogens is 314 g/mol. The van der Waals surface area contributed by atoms with Crippen molar-refractivity contribution in [3.8, 4) is 0 Å². The summed E-state index contributed by atoms with van der Waals surface area (Å²) in [5.74, 6) is -0.135. The van der Waals surface area contributed by atoms with E-state index in [1.807, 2.05) is 13.8 Å². The maximum absolute atomic E-state index is 12.1. The van der Waals surface area contributed by atoms with Crippen LogP contribution in [0.3, 0.4) is 0 Å². The summed E-state index contributed by atoms with van der Waals surface area (Å²) < 4.78 is 0. The SMILES string of the molecule is CC(C)C[C@@H](NC(N)=O)C(=O)NCCNc1ccccc1[N+](=O)[O-]. The van der Waals surface area contributed by atoms with Crippen molar-refractivity contribution in [1.29, 1.82) is 0 Å². The topological polar surface area (TPSA) is 139 Å². The van der Waals surface area contributed by atoms with Crippen molar-refractivity contribution in [2.75, 3.05) is 18.4 Å². The fourth-order valence-electron chi connectivity index (χ4n) is 2.16. The molecule has 0 radical (unpaired) electrons. The molecule has 0 aliphatic heterocycles. The number of primary amides is 1. The second-order valence-electron chi connectivity index (χ2n) is 5.68. The van der Waals surface area contributed by atoms with E-state index in [0.717, 1.165) is 0 Å². The van der Waals surface area contributed by atoms with Gasteiger partial charge in [-0.1, -0.05) is 26.0 Å². The number of para-hydroxylation sites is 2. The predicted molar refractivity (Wildman–Crippen MR) is 90.6 cm³/mol. The third-order valence-electron chi connectivity index (χ3n) is 3.18. The number of carbonyl (C=O) groups excluding carboxylic acids is 2. The van der Waals surface area contributed by atoms with Crippen LogP contribution >= 0.6 is 0 Å². The number of nitrogens with two attached hydrogens (primary N) is 1. The van der Waals surface area contributed by atoms with Crippen LogP contribution in [0.5, 0.6) is 0 Å². The molecule has 0 saturated carbocycles. The number of nitro benzene ring substituents is 1. The fraction of sp³-hybridized carbons (Fsp3) is 0.467. The number of carbonyl (C=O) groups is 2. The molecule has 0 aliphatic carbocycles. The molecule has 0 saturated heterocycles. The first kappa shape index (κ1) is 19.2. The van der Waals surface area contributed by atoms with Crippen LogP contribution in [0.2, 0.25) is 0 Å². The highest BCUT2D eigenvalue weighted by Crippen LogP contribution is 2.22. The van der Waals surface area contributed by atoms with Gasteiger partial charge in [0.25, 0.3) is 5.69 Å². The van der Waals surface area contributed by atoms with E-state index in [4.69, 9.17) is 5.73 Å². The van der Waals surface area contributed by atoms with Crippen molar-refractivity contribution in [3.63, 3.8) is 0 Å². The number of urea groups is 1.